The lowest BCUT2D eigenvalue weighted by atomic mass is 9.86. The highest BCUT2D eigenvalue weighted by Gasteiger charge is 2.16. The molecular formula is C36H22Br2. The second kappa shape index (κ2) is 10.8. The average Bonchev–Trinajstić information content (AvgIpc) is 2.95. The molecule has 0 nitrogen and oxygen atoms in total. The van der Waals surface area contributed by atoms with E-state index in [0.29, 0.717) is 0 Å². The van der Waals surface area contributed by atoms with Crippen LogP contribution in [0.2, 0.25) is 0 Å². The first-order valence-electron chi connectivity index (χ1n) is 12.4. The normalized spacial score (nSPS) is 10.7. The molecule has 0 N–H and O–H groups in total. The molecule has 6 aromatic rings. The molecule has 2 heteroatoms. The third-order valence-electron chi connectivity index (χ3n) is 6.71. The number of hydrogen-bond acceptors (Lipinski definition) is 0. The van der Waals surface area contributed by atoms with Gasteiger partial charge in [0.05, 0.1) is 3.39 Å². The number of rotatable bonds is 3. The van der Waals surface area contributed by atoms with Crippen molar-refractivity contribution >= 4 is 59.5 Å². The van der Waals surface area contributed by atoms with Crippen LogP contribution >= 0.6 is 31.9 Å². The van der Waals surface area contributed by atoms with Crippen LogP contribution in [-0.2, 0) is 0 Å². The van der Waals surface area contributed by atoms with Crippen LogP contribution in [0.25, 0.3) is 49.9 Å². The smallest absolute Gasteiger partial charge is 0.0610 e. The molecule has 0 spiro atoms. The van der Waals surface area contributed by atoms with Gasteiger partial charge in [0.25, 0.3) is 0 Å². The maximum atomic E-state index is 3.47. The fraction of sp³-hybridized carbons (Fsp3) is 0. The van der Waals surface area contributed by atoms with Gasteiger partial charge >= 0.3 is 0 Å². The van der Waals surface area contributed by atoms with E-state index in [0.717, 1.165) is 20.1 Å². The Morgan fingerprint density at radius 2 is 1.03 bits per heavy atom. The standard InChI is InChI=1S/C36H22Br2/c37-34(38)24-28-15-5-4-12-26(28)22-21-25-11-10-16-29(23-25)36-32-19-8-6-17-30(32)35(27-13-2-1-3-14-27)31-18-7-9-20-33(31)36/h1-20,23-24H. The van der Waals surface area contributed by atoms with E-state index in [1.807, 2.05) is 18.2 Å². The van der Waals surface area contributed by atoms with Crippen LogP contribution < -0.4 is 0 Å². The maximum absolute atomic E-state index is 3.47. The highest BCUT2D eigenvalue weighted by Crippen LogP contribution is 2.43. The van der Waals surface area contributed by atoms with E-state index in [1.54, 1.807) is 0 Å². The van der Waals surface area contributed by atoms with Crippen LogP contribution in [0, 0.1) is 11.8 Å². The van der Waals surface area contributed by atoms with Crippen LogP contribution in [0.4, 0.5) is 0 Å². The third kappa shape index (κ3) is 4.84. The summed E-state index contributed by atoms with van der Waals surface area (Å²) < 4.78 is 0.888. The first-order valence-corrected chi connectivity index (χ1v) is 14.0. The Morgan fingerprint density at radius 3 is 1.66 bits per heavy atom. The fourth-order valence-electron chi connectivity index (χ4n) is 5.10. The summed E-state index contributed by atoms with van der Waals surface area (Å²) in [5, 5.41) is 5.00. The van der Waals surface area contributed by atoms with Crippen molar-refractivity contribution in [3.8, 4) is 34.1 Å². The van der Waals surface area contributed by atoms with E-state index in [9.17, 15) is 0 Å². The van der Waals surface area contributed by atoms with E-state index in [2.05, 4.69) is 159 Å². The van der Waals surface area contributed by atoms with Crippen LogP contribution in [0.3, 0.4) is 0 Å². The molecule has 180 valence electrons. The Hall–Kier alpha value is -3.90. The van der Waals surface area contributed by atoms with Gasteiger partial charge in [0, 0.05) is 11.1 Å². The largest absolute Gasteiger partial charge is 0.0622 e. The summed E-state index contributed by atoms with van der Waals surface area (Å²) in [5.74, 6) is 6.79. The van der Waals surface area contributed by atoms with Gasteiger partial charge in [-0.25, -0.2) is 0 Å². The topological polar surface area (TPSA) is 0 Å². The van der Waals surface area contributed by atoms with Crippen molar-refractivity contribution in [1.82, 2.24) is 0 Å². The van der Waals surface area contributed by atoms with Gasteiger partial charge in [-0.3, -0.25) is 0 Å². The number of fused-ring (bicyclic) bond motifs is 2. The van der Waals surface area contributed by atoms with Gasteiger partial charge in [-0.2, -0.15) is 0 Å². The minimum atomic E-state index is 0.888. The lowest BCUT2D eigenvalue weighted by molar-refractivity contribution is 1.59. The molecule has 38 heavy (non-hydrogen) atoms. The van der Waals surface area contributed by atoms with E-state index in [1.165, 1.54) is 43.8 Å². The minimum Gasteiger partial charge on any atom is -0.0622 e. The Balaban J connectivity index is 1.56. The van der Waals surface area contributed by atoms with Crippen molar-refractivity contribution in [3.63, 3.8) is 0 Å². The maximum Gasteiger partial charge on any atom is 0.0610 e. The average molecular weight is 614 g/mol. The van der Waals surface area contributed by atoms with Gasteiger partial charge in [-0.05, 0) is 105 Å². The molecule has 0 saturated heterocycles. The zero-order valence-corrected chi connectivity index (χ0v) is 23.6. The summed E-state index contributed by atoms with van der Waals surface area (Å²) in [5.41, 5.74) is 7.95. The molecule has 0 unspecified atom stereocenters. The summed E-state index contributed by atoms with van der Waals surface area (Å²) in [6.45, 7) is 0. The molecule has 0 heterocycles. The van der Waals surface area contributed by atoms with Crippen LogP contribution in [-0.4, -0.2) is 0 Å². The van der Waals surface area contributed by atoms with Crippen LogP contribution in [0.15, 0.2) is 131 Å². The van der Waals surface area contributed by atoms with Crippen molar-refractivity contribution in [2.45, 2.75) is 0 Å². The molecule has 0 radical (unpaired) electrons. The van der Waals surface area contributed by atoms with E-state index < -0.39 is 0 Å². The molecule has 0 amide bonds. The van der Waals surface area contributed by atoms with Crippen LogP contribution in [0.5, 0.6) is 0 Å². The van der Waals surface area contributed by atoms with Gasteiger partial charge < -0.3 is 0 Å². The molecule has 6 aromatic carbocycles. The Bertz CT molecular complexity index is 1830. The van der Waals surface area contributed by atoms with E-state index >= 15 is 0 Å². The molecule has 0 aromatic heterocycles. The van der Waals surface area contributed by atoms with Crippen molar-refractivity contribution in [2.75, 3.05) is 0 Å². The monoisotopic (exact) mass is 612 g/mol. The molecule has 0 aliphatic heterocycles. The summed E-state index contributed by atoms with van der Waals surface area (Å²) in [6, 6.07) is 44.9. The number of hydrogen-bond donors (Lipinski definition) is 0. The molecular weight excluding hydrogens is 592 g/mol. The van der Waals surface area contributed by atoms with Crippen molar-refractivity contribution in [1.29, 1.82) is 0 Å². The van der Waals surface area contributed by atoms with Gasteiger partial charge in [0.15, 0.2) is 0 Å². The number of halogens is 2. The minimum absolute atomic E-state index is 0.888. The zero-order chi connectivity index (χ0) is 25.9. The summed E-state index contributed by atoms with van der Waals surface area (Å²) in [4.78, 5) is 0. The van der Waals surface area contributed by atoms with Crippen molar-refractivity contribution in [2.24, 2.45) is 0 Å². The van der Waals surface area contributed by atoms with E-state index in [-0.39, 0.29) is 0 Å². The second-order valence-corrected chi connectivity index (χ2v) is 11.8. The first-order chi connectivity index (χ1) is 18.7. The van der Waals surface area contributed by atoms with Gasteiger partial charge in [-0.15, -0.1) is 0 Å². The molecule has 0 bridgehead atoms. The molecule has 0 atom stereocenters. The van der Waals surface area contributed by atoms with Gasteiger partial charge in [-0.1, -0.05) is 121 Å². The molecule has 6 rings (SSSR count). The van der Waals surface area contributed by atoms with E-state index in [4.69, 9.17) is 0 Å². The quantitative estimate of drug-likeness (QED) is 0.137. The number of benzene rings is 6. The predicted octanol–water partition coefficient (Wildman–Crippen LogP) is 10.8. The summed E-state index contributed by atoms with van der Waals surface area (Å²) in [6.07, 6.45) is 2.02. The lowest BCUT2D eigenvalue weighted by Gasteiger charge is -2.17. The lowest BCUT2D eigenvalue weighted by Crippen LogP contribution is -1.91. The Labute approximate surface area is 239 Å². The first kappa shape index (κ1) is 24.4. The van der Waals surface area contributed by atoms with Crippen molar-refractivity contribution < 1.29 is 0 Å². The van der Waals surface area contributed by atoms with Crippen LogP contribution in [0.1, 0.15) is 16.7 Å². The molecule has 0 aliphatic carbocycles. The molecule has 0 saturated carbocycles. The molecule has 0 aliphatic rings. The highest BCUT2D eigenvalue weighted by molar-refractivity contribution is 9.28. The molecule has 0 fully saturated rings. The second-order valence-electron chi connectivity index (χ2n) is 9.06. The summed E-state index contributed by atoms with van der Waals surface area (Å²) >= 11 is 6.93. The Kier molecular flexibility index (Phi) is 6.97. The summed E-state index contributed by atoms with van der Waals surface area (Å²) in [7, 11) is 0. The van der Waals surface area contributed by atoms with Gasteiger partial charge in [0.2, 0.25) is 0 Å². The van der Waals surface area contributed by atoms with Crippen molar-refractivity contribution in [3.05, 3.63) is 147 Å². The Morgan fingerprint density at radius 1 is 0.500 bits per heavy atom. The fourth-order valence-corrected chi connectivity index (χ4v) is 5.59. The predicted molar refractivity (Wildman–Crippen MR) is 171 cm³/mol. The third-order valence-corrected chi connectivity index (χ3v) is 7.17. The van der Waals surface area contributed by atoms with Gasteiger partial charge in [0.1, 0.15) is 0 Å². The highest BCUT2D eigenvalue weighted by atomic mass is 79.9. The SMILES string of the molecule is BrC(Br)=Cc1ccccc1C#Cc1cccc(-c2c3ccccc3c(-c3ccccc3)c3ccccc23)c1. The zero-order valence-electron chi connectivity index (χ0n) is 20.5.